The molecule has 2 atom stereocenters. The largest absolute Gasteiger partial charge is 0.439 e. The topological polar surface area (TPSA) is 49.5 Å². The van der Waals surface area contributed by atoms with Gasteiger partial charge in [-0.15, -0.1) is 0 Å². The number of nitrogens with zero attached hydrogens (tertiary/aromatic N) is 2. The number of benzene rings is 1. The van der Waals surface area contributed by atoms with Crippen LogP contribution in [0.25, 0.3) is 11.3 Å². The van der Waals surface area contributed by atoms with Crippen LogP contribution in [-0.4, -0.2) is 34.7 Å². The van der Waals surface area contributed by atoms with Crippen LogP contribution >= 0.6 is 11.6 Å². The van der Waals surface area contributed by atoms with Gasteiger partial charge in [-0.2, -0.15) is 0 Å². The summed E-state index contributed by atoms with van der Waals surface area (Å²) in [5.41, 5.74) is 1.84. The summed E-state index contributed by atoms with van der Waals surface area (Å²) >= 11 is 5.92. The molecule has 2 rings (SSSR count). The summed E-state index contributed by atoms with van der Waals surface area (Å²) in [6.07, 6.45) is 0.426. The first-order valence-electron chi connectivity index (χ1n) is 7.50. The molecule has 22 heavy (non-hydrogen) atoms. The molecule has 4 nitrogen and oxygen atoms in total. The molecule has 1 N–H and O–H groups in total. The molecule has 2 unspecified atom stereocenters. The first-order chi connectivity index (χ1) is 10.4. The molecular weight excluding hydrogens is 300 g/mol. The van der Waals surface area contributed by atoms with Crippen LogP contribution in [-0.2, 0) is 0 Å². The summed E-state index contributed by atoms with van der Waals surface area (Å²) < 4.78 is 5.97. The normalized spacial score (nSPS) is 14.3. The van der Waals surface area contributed by atoms with Crippen molar-refractivity contribution in [3.8, 4) is 11.3 Å². The maximum Gasteiger partial charge on any atom is 0.212 e. The minimum absolute atomic E-state index is 0.0542. The molecule has 2 aromatic rings. The molecule has 5 heteroatoms. The van der Waals surface area contributed by atoms with Gasteiger partial charge >= 0.3 is 0 Å². The van der Waals surface area contributed by atoms with Crippen molar-refractivity contribution in [1.82, 2.24) is 9.88 Å². The average molecular weight is 323 g/mol. The van der Waals surface area contributed by atoms with Crippen molar-refractivity contribution in [2.75, 3.05) is 13.6 Å². The van der Waals surface area contributed by atoms with Crippen molar-refractivity contribution in [2.24, 2.45) is 0 Å². The predicted octanol–water partition coefficient (Wildman–Crippen LogP) is 4.07. The molecule has 0 aliphatic heterocycles. The molecule has 0 spiro atoms. The maximum absolute atomic E-state index is 9.40. The second kappa shape index (κ2) is 7.27. The van der Waals surface area contributed by atoms with E-state index in [0.717, 1.165) is 30.0 Å². The highest BCUT2D eigenvalue weighted by molar-refractivity contribution is 6.30. The second-order valence-corrected chi connectivity index (χ2v) is 6.20. The smallest absolute Gasteiger partial charge is 0.212 e. The van der Waals surface area contributed by atoms with E-state index in [1.165, 1.54) is 0 Å². The molecule has 0 saturated carbocycles. The number of aromatic nitrogens is 1. The number of aliphatic hydroxyl groups is 1. The Hall–Kier alpha value is -1.36. The highest BCUT2D eigenvalue weighted by atomic mass is 35.5. The van der Waals surface area contributed by atoms with Crippen LogP contribution in [0.1, 0.15) is 37.9 Å². The monoisotopic (exact) mass is 322 g/mol. The van der Waals surface area contributed by atoms with Crippen molar-refractivity contribution < 1.29 is 9.52 Å². The van der Waals surface area contributed by atoms with Gasteiger partial charge in [0.05, 0.1) is 17.8 Å². The summed E-state index contributed by atoms with van der Waals surface area (Å²) in [4.78, 5) is 6.68. The van der Waals surface area contributed by atoms with E-state index in [4.69, 9.17) is 16.0 Å². The molecule has 1 aromatic heterocycles. The van der Waals surface area contributed by atoms with Crippen LogP contribution in [0.5, 0.6) is 0 Å². The van der Waals surface area contributed by atoms with E-state index in [9.17, 15) is 5.11 Å². The molecule has 0 fully saturated rings. The predicted molar refractivity (Wildman–Crippen MR) is 89.0 cm³/mol. The van der Waals surface area contributed by atoms with Crippen LogP contribution in [0.2, 0.25) is 5.02 Å². The highest BCUT2D eigenvalue weighted by Crippen LogP contribution is 2.29. The van der Waals surface area contributed by atoms with Crippen molar-refractivity contribution in [3.05, 3.63) is 40.9 Å². The first kappa shape index (κ1) is 17.0. The van der Waals surface area contributed by atoms with Crippen molar-refractivity contribution in [2.45, 2.75) is 39.3 Å². The molecule has 0 amide bonds. The lowest BCUT2D eigenvalue weighted by atomic mass is 10.1. The number of halogens is 1. The van der Waals surface area contributed by atoms with Gasteiger partial charge in [-0.05, 0) is 58.5 Å². The highest BCUT2D eigenvalue weighted by Gasteiger charge is 2.20. The Kier molecular flexibility index (Phi) is 5.62. The molecule has 1 heterocycles. The Bertz CT molecular complexity index is 608. The lowest BCUT2D eigenvalue weighted by Crippen LogP contribution is -2.26. The average Bonchev–Trinajstić information content (AvgIpc) is 2.86. The Labute approximate surface area is 136 Å². The van der Waals surface area contributed by atoms with Gasteiger partial charge in [0.25, 0.3) is 0 Å². The minimum atomic E-state index is -0.300. The van der Waals surface area contributed by atoms with E-state index >= 15 is 0 Å². The molecule has 0 bridgehead atoms. The van der Waals surface area contributed by atoms with E-state index in [-0.39, 0.29) is 12.1 Å². The van der Waals surface area contributed by atoms with E-state index < -0.39 is 0 Å². The summed E-state index contributed by atoms with van der Waals surface area (Å²) in [5.74, 6) is 1.47. The minimum Gasteiger partial charge on any atom is -0.439 e. The van der Waals surface area contributed by atoms with Crippen molar-refractivity contribution >= 4 is 11.6 Å². The van der Waals surface area contributed by atoms with Crippen molar-refractivity contribution in [1.29, 1.82) is 0 Å². The Balaban J connectivity index is 2.16. The quantitative estimate of drug-likeness (QED) is 0.871. The van der Waals surface area contributed by atoms with E-state index in [0.29, 0.717) is 10.9 Å². The number of hydrogen-bond acceptors (Lipinski definition) is 4. The lowest BCUT2D eigenvalue weighted by Gasteiger charge is -2.22. The molecule has 0 radical (unpaired) electrons. The molecular formula is C17H23ClN2O2. The van der Waals surface area contributed by atoms with E-state index in [1.54, 1.807) is 6.92 Å². The number of aryl methyl sites for hydroxylation is 1. The Morgan fingerprint density at radius 3 is 2.50 bits per heavy atom. The van der Waals surface area contributed by atoms with Gasteiger partial charge in [0.1, 0.15) is 0 Å². The standard InChI is InChI=1S/C17H23ClN2O2/c1-11(21)9-10-20(4)13(3)17-19-12(2)16(22-17)14-5-7-15(18)8-6-14/h5-8,11,13,21H,9-10H2,1-4H3. The van der Waals surface area contributed by atoms with Crippen molar-refractivity contribution in [3.63, 3.8) is 0 Å². The second-order valence-electron chi connectivity index (χ2n) is 5.77. The third-order valence-corrected chi connectivity index (χ3v) is 4.09. The van der Waals surface area contributed by atoms with Gasteiger partial charge < -0.3 is 9.52 Å². The third-order valence-electron chi connectivity index (χ3n) is 3.84. The van der Waals surface area contributed by atoms with Crippen LogP contribution in [0.3, 0.4) is 0 Å². The molecule has 0 saturated heterocycles. The fraction of sp³-hybridized carbons (Fsp3) is 0.471. The lowest BCUT2D eigenvalue weighted by molar-refractivity contribution is 0.146. The summed E-state index contributed by atoms with van der Waals surface area (Å²) in [7, 11) is 2.01. The molecule has 1 aromatic carbocycles. The summed E-state index contributed by atoms with van der Waals surface area (Å²) in [6, 6.07) is 7.61. The number of oxazole rings is 1. The number of aliphatic hydroxyl groups excluding tert-OH is 1. The Morgan fingerprint density at radius 2 is 1.91 bits per heavy atom. The van der Waals surface area contributed by atoms with E-state index in [1.807, 2.05) is 38.2 Å². The fourth-order valence-electron chi connectivity index (χ4n) is 2.24. The third kappa shape index (κ3) is 4.09. The zero-order valence-corrected chi connectivity index (χ0v) is 14.3. The number of hydrogen-bond donors (Lipinski definition) is 1. The van der Waals surface area contributed by atoms with Gasteiger partial charge in [0.2, 0.25) is 5.89 Å². The van der Waals surface area contributed by atoms with Gasteiger partial charge in [-0.1, -0.05) is 11.6 Å². The van der Waals surface area contributed by atoms with E-state index in [2.05, 4.69) is 16.8 Å². The molecule has 0 aliphatic carbocycles. The zero-order chi connectivity index (χ0) is 16.3. The van der Waals surface area contributed by atoms with Gasteiger partial charge in [-0.3, -0.25) is 4.90 Å². The summed E-state index contributed by atoms with van der Waals surface area (Å²) in [6.45, 7) is 6.58. The first-order valence-corrected chi connectivity index (χ1v) is 7.88. The van der Waals surface area contributed by atoms with Gasteiger partial charge in [0.15, 0.2) is 5.76 Å². The summed E-state index contributed by atoms with van der Waals surface area (Å²) in [5, 5.41) is 10.1. The van der Waals surface area contributed by atoms with Crippen LogP contribution < -0.4 is 0 Å². The van der Waals surface area contributed by atoms with Crippen LogP contribution in [0.4, 0.5) is 0 Å². The maximum atomic E-state index is 9.40. The SMILES string of the molecule is Cc1nc(C(C)N(C)CCC(C)O)oc1-c1ccc(Cl)cc1. The van der Waals surface area contributed by atoms with Gasteiger partial charge in [0, 0.05) is 17.1 Å². The molecule has 0 aliphatic rings. The van der Waals surface area contributed by atoms with Crippen LogP contribution in [0.15, 0.2) is 28.7 Å². The zero-order valence-electron chi connectivity index (χ0n) is 13.5. The molecule has 120 valence electrons. The fourth-order valence-corrected chi connectivity index (χ4v) is 2.36. The van der Waals surface area contributed by atoms with Gasteiger partial charge in [-0.25, -0.2) is 4.98 Å². The Morgan fingerprint density at radius 1 is 1.27 bits per heavy atom. The number of rotatable bonds is 6. The van der Waals surface area contributed by atoms with Crippen LogP contribution in [0, 0.1) is 6.92 Å².